The van der Waals surface area contributed by atoms with E-state index >= 15 is 0 Å². The first-order chi connectivity index (χ1) is 9.70. The number of carbonyl (C=O) groups is 1. The standard InChI is InChI=1S/C16H18N2OS/c1-18(11-14-4-3-9-17-10-14)16(19)15-7-5-13(6-8-15)12-20-2/h3-10H,11-12H2,1-2H3. The van der Waals surface area contributed by atoms with Crippen LogP contribution >= 0.6 is 11.8 Å². The van der Waals surface area contributed by atoms with E-state index in [2.05, 4.69) is 11.2 Å². The molecule has 0 aliphatic rings. The third-order valence-corrected chi connectivity index (χ3v) is 3.62. The van der Waals surface area contributed by atoms with Gasteiger partial charge in [0.2, 0.25) is 0 Å². The number of hydrogen-bond acceptors (Lipinski definition) is 3. The van der Waals surface area contributed by atoms with Gasteiger partial charge in [0.25, 0.3) is 5.91 Å². The molecule has 0 spiro atoms. The highest BCUT2D eigenvalue weighted by Gasteiger charge is 2.11. The summed E-state index contributed by atoms with van der Waals surface area (Å²) < 4.78 is 0. The number of hydrogen-bond donors (Lipinski definition) is 0. The average molecular weight is 286 g/mol. The maximum Gasteiger partial charge on any atom is 0.253 e. The van der Waals surface area contributed by atoms with Gasteiger partial charge in [-0.15, -0.1) is 0 Å². The Morgan fingerprint density at radius 1 is 1.20 bits per heavy atom. The second-order valence-electron chi connectivity index (χ2n) is 4.65. The van der Waals surface area contributed by atoms with Crippen LogP contribution in [0.15, 0.2) is 48.8 Å². The van der Waals surface area contributed by atoms with Crippen LogP contribution in [0.3, 0.4) is 0 Å². The molecule has 0 radical (unpaired) electrons. The lowest BCUT2D eigenvalue weighted by atomic mass is 10.1. The summed E-state index contributed by atoms with van der Waals surface area (Å²) in [4.78, 5) is 18.1. The molecule has 0 fully saturated rings. The monoisotopic (exact) mass is 286 g/mol. The van der Waals surface area contributed by atoms with Crippen LogP contribution in [0.4, 0.5) is 0 Å². The van der Waals surface area contributed by atoms with Gasteiger partial charge in [-0.1, -0.05) is 18.2 Å². The van der Waals surface area contributed by atoms with Crippen LogP contribution in [0.2, 0.25) is 0 Å². The van der Waals surface area contributed by atoms with Crippen LogP contribution in [-0.2, 0) is 12.3 Å². The van der Waals surface area contributed by atoms with Crippen molar-refractivity contribution in [2.45, 2.75) is 12.3 Å². The zero-order chi connectivity index (χ0) is 14.4. The molecule has 0 N–H and O–H groups in total. The van der Waals surface area contributed by atoms with Crippen molar-refractivity contribution in [2.75, 3.05) is 13.3 Å². The van der Waals surface area contributed by atoms with Gasteiger partial charge in [-0.05, 0) is 35.6 Å². The summed E-state index contributed by atoms with van der Waals surface area (Å²) in [5.74, 6) is 1.00. The van der Waals surface area contributed by atoms with E-state index in [9.17, 15) is 4.79 Å². The minimum atomic E-state index is 0.0320. The largest absolute Gasteiger partial charge is 0.337 e. The van der Waals surface area contributed by atoms with Crippen LogP contribution < -0.4 is 0 Å². The van der Waals surface area contributed by atoms with Gasteiger partial charge >= 0.3 is 0 Å². The molecule has 1 aromatic carbocycles. The zero-order valence-electron chi connectivity index (χ0n) is 11.7. The zero-order valence-corrected chi connectivity index (χ0v) is 12.6. The van der Waals surface area contributed by atoms with Crippen molar-refractivity contribution in [2.24, 2.45) is 0 Å². The maximum atomic E-state index is 12.3. The Labute approximate surface area is 124 Å². The molecule has 2 rings (SSSR count). The number of rotatable bonds is 5. The van der Waals surface area contributed by atoms with Crippen molar-refractivity contribution in [3.8, 4) is 0 Å². The number of benzene rings is 1. The number of carbonyl (C=O) groups excluding carboxylic acids is 1. The normalized spacial score (nSPS) is 10.3. The lowest BCUT2D eigenvalue weighted by Crippen LogP contribution is -2.26. The fourth-order valence-electron chi connectivity index (χ4n) is 1.97. The SMILES string of the molecule is CSCc1ccc(C(=O)N(C)Cc2cccnc2)cc1. The van der Waals surface area contributed by atoms with Gasteiger partial charge in [-0.25, -0.2) is 0 Å². The molecule has 3 nitrogen and oxygen atoms in total. The molecule has 0 atom stereocenters. The van der Waals surface area contributed by atoms with E-state index in [0.29, 0.717) is 6.54 Å². The summed E-state index contributed by atoms with van der Waals surface area (Å²) in [6.07, 6.45) is 5.59. The summed E-state index contributed by atoms with van der Waals surface area (Å²) in [5.41, 5.74) is 2.99. The third-order valence-electron chi connectivity index (χ3n) is 3.00. The van der Waals surface area contributed by atoms with E-state index in [1.54, 1.807) is 29.1 Å². The number of thioether (sulfide) groups is 1. The Bertz CT molecular complexity index is 554. The molecule has 20 heavy (non-hydrogen) atoms. The fraction of sp³-hybridized carbons (Fsp3) is 0.250. The predicted octanol–water partition coefficient (Wildman–Crippen LogP) is 3.22. The summed E-state index contributed by atoms with van der Waals surface area (Å²) in [7, 11) is 1.81. The van der Waals surface area contributed by atoms with Crippen molar-refractivity contribution < 1.29 is 4.79 Å². The van der Waals surface area contributed by atoms with E-state index in [0.717, 1.165) is 16.9 Å². The topological polar surface area (TPSA) is 33.2 Å². The molecular formula is C16H18N2OS. The smallest absolute Gasteiger partial charge is 0.253 e. The van der Waals surface area contributed by atoms with Crippen LogP contribution in [0.5, 0.6) is 0 Å². The van der Waals surface area contributed by atoms with E-state index < -0.39 is 0 Å². The summed E-state index contributed by atoms with van der Waals surface area (Å²) >= 11 is 1.77. The molecule has 1 aromatic heterocycles. The van der Waals surface area contributed by atoms with Gasteiger partial charge in [0, 0.05) is 37.3 Å². The first-order valence-corrected chi connectivity index (χ1v) is 7.82. The molecule has 1 heterocycles. The summed E-state index contributed by atoms with van der Waals surface area (Å²) in [6, 6.07) is 11.7. The van der Waals surface area contributed by atoms with Gasteiger partial charge in [0.05, 0.1) is 0 Å². The second kappa shape index (κ2) is 7.10. The highest BCUT2D eigenvalue weighted by molar-refractivity contribution is 7.97. The Morgan fingerprint density at radius 2 is 1.95 bits per heavy atom. The Hall–Kier alpha value is -1.81. The molecule has 0 unspecified atom stereocenters. The number of pyridine rings is 1. The van der Waals surface area contributed by atoms with Gasteiger partial charge in [0.1, 0.15) is 0 Å². The fourth-order valence-corrected chi connectivity index (χ4v) is 2.49. The summed E-state index contributed by atoms with van der Waals surface area (Å²) in [6.45, 7) is 0.569. The maximum absolute atomic E-state index is 12.3. The third kappa shape index (κ3) is 3.84. The first kappa shape index (κ1) is 14.6. The molecule has 0 saturated carbocycles. The van der Waals surface area contributed by atoms with E-state index in [4.69, 9.17) is 0 Å². The van der Waals surface area contributed by atoms with Crippen molar-refractivity contribution in [3.05, 3.63) is 65.5 Å². The van der Waals surface area contributed by atoms with Crippen LogP contribution in [0.25, 0.3) is 0 Å². The predicted molar refractivity (Wildman–Crippen MR) is 83.7 cm³/mol. The van der Waals surface area contributed by atoms with Gasteiger partial charge in [-0.2, -0.15) is 11.8 Å². The van der Waals surface area contributed by atoms with Crippen molar-refractivity contribution in [1.29, 1.82) is 0 Å². The molecule has 1 amide bonds. The molecule has 2 aromatic rings. The summed E-state index contributed by atoms with van der Waals surface area (Å²) in [5, 5.41) is 0. The lowest BCUT2D eigenvalue weighted by molar-refractivity contribution is 0.0785. The second-order valence-corrected chi connectivity index (χ2v) is 5.52. The van der Waals surface area contributed by atoms with Crippen LogP contribution in [0, 0.1) is 0 Å². The quantitative estimate of drug-likeness (QED) is 0.846. The number of aromatic nitrogens is 1. The van der Waals surface area contributed by atoms with Crippen molar-refractivity contribution in [3.63, 3.8) is 0 Å². The highest BCUT2D eigenvalue weighted by Crippen LogP contribution is 2.12. The van der Waals surface area contributed by atoms with Crippen LogP contribution in [-0.4, -0.2) is 29.1 Å². The minimum absolute atomic E-state index is 0.0320. The minimum Gasteiger partial charge on any atom is -0.337 e. The van der Waals surface area contributed by atoms with Crippen LogP contribution in [0.1, 0.15) is 21.5 Å². The molecule has 104 valence electrons. The molecular weight excluding hydrogens is 268 g/mol. The molecule has 0 bridgehead atoms. The van der Waals surface area contributed by atoms with E-state index in [1.165, 1.54) is 5.56 Å². The number of nitrogens with zero attached hydrogens (tertiary/aromatic N) is 2. The average Bonchev–Trinajstić information content (AvgIpc) is 2.48. The van der Waals surface area contributed by atoms with Gasteiger partial charge in [-0.3, -0.25) is 9.78 Å². The van der Waals surface area contributed by atoms with Crippen molar-refractivity contribution >= 4 is 17.7 Å². The van der Waals surface area contributed by atoms with Crippen molar-refractivity contribution in [1.82, 2.24) is 9.88 Å². The molecule has 0 saturated heterocycles. The Balaban J connectivity index is 2.03. The lowest BCUT2D eigenvalue weighted by Gasteiger charge is -2.17. The Morgan fingerprint density at radius 3 is 2.55 bits per heavy atom. The van der Waals surface area contributed by atoms with E-state index in [-0.39, 0.29) is 5.91 Å². The molecule has 4 heteroatoms. The van der Waals surface area contributed by atoms with Gasteiger partial charge in [0.15, 0.2) is 0 Å². The molecule has 0 aliphatic carbocycles. The first-order valence-electron chi connectivity index (χ1n) is 6.43. The Kier molecular flexibility index (Phi) is 5.18. The molecule has 0 aliphatic heterocycles. The van der Waals surface area contributed by atoms with Gasteiger partial charge < -0.3 is 4.90 Å². The number of amides is 1. The highest BCUT2D eigenvalue weighted by atomic mass is 32.2. The van der Waals surface area contributed by atoms with E-state index in [1.807, 2.05) is 43.4 Å².